The van der Waals surface area contributed by atoms with Gasteiger partial charge in [-0.05, 0) is 30.2 Å². The molecule has 5 rings (SSSR count). The zero-order valence-electron chi connectivity index (χ0n) is 17.2. The number of aromatic nitrogens is 4. The average molecular weight is 401 g/mol. The quantitative estimate of drug-likeness (QED) is 0.527. The maximum Gasteiger partial charge on any atom is 0.276 e. The Morgan fingerprint density at radius 3 is 2.70 bits per heavy atom. The second kappa shape index (κ2) is 7.02. The van der Waals surface area contributed by atoms with E-state index in [-0.39, 0.29) is 11.8 Å². The van der Waals surface area contributed by atoms with E-state index in [9.17, 15) is 4.79 Å². The molecule has 0 bridgehead atoms. The maximum atomic E-state index is 13.3. The fourth-order valence-corrected chi connectivity index (χ4v) is 4.26. The van der Waals surface area contributed by atoms with E-state index in [0.717, 1.165) is 22.5 Å². The first-order chi connectivity index (χ1) is 14.5. The lowest BCUT2D eigenvalue weighted by molar-refractivity contribution is 0.0714. The number of hydrogen-bond acceptors (Lipinski definition) is 4. The molecule has 4 aromatic rings. The molecular weight excluding hydrogens is 378 g/mol. The highest BCUT2D eigenvalue weighted by molar-refractivity contribution is 5.93. The molecule has 0 saturated heterocycles. The summed E-state index contributed by atoms with van der Waals surface area (Å²) in [6, 6.07) is 13.9. The van der Waals surface area contributed by atoms with Gasteiger partial charge in [0.25, 0.3) is 5.91 Å². The minimum atomic E-state index is -0.125. The van der Waals surface area contributed by atoms with Crippen molar-refractivity contribution in [2.24, 2.45) is 14.1 Å². The van der Waals surface area contributed by atoms with E-state index in [1.807, 2.05) is 58.8 Å². The summed E-state index contributed by atoms with van der Waals surface area (Å²) in [5, 5.41) is 8.48. The second-order valence-electron chi connectivity index (χ2n) is 7.83. The monoisotopic (exact) mass is 401 g/mol. The summed E-state index contributed by atoms with van der Waals surface area (Å²) >= 11 is 0. The van der Waals surface area contributed by atoms with Crippen LogP contribution in [0.5, 0.6) is 0 Å². The Balaban J connectivity index is 1.48. The number of hydrogen-bond donors (Lipinski definition) is 0. The van der Waals surface area contributed by atoms with Crippen LogP contribution in [0.3, 0.4) is 0 Å². The minimum Gasteiger partial charge on any atom is -0.354 e. The van der Waals surface area contributed by atoms with E-state index in [0.29, 0.717) is 24.5 Å². The van der Waals surface area contributed by atoms with Crippen LogP contribution in [0.1, 0.15) is 38.8 Å². The van der Waals surface area contributed by atoms with E-state index >= 15 is 0 Å². The predicted molar refractivity (Wildman–Crippen MR) is 112 cm³/mol. The van der Waals surface area contributed by atoms with E-state index in [1.54, 1.807) is 6.07 Å². The van der Waals surface area contributed by atoms with Crippen molar-refractivity contribution in [1.82, 2.24) is 24.4 Å². The molecule has 0 radical (unpaired) electrons. The van der Waals surface area contributed by atoms with Crippen LogP contribution >= 0.6 is 0 Å². The number of amides is 1. The summed E-state index contributed by atoms with van der Waals surface area (Å²) in [5.74, 6) is 0.537. The first-order valence-corrected chi connectivity index (χ1v) is 9.97. The third kappa shape index (κ3) is 2.94. The molecule has 1 aromatic carbocycles. The zero-order chi connectivity index (χ0) is 20.8. The number of benzene rings is 1. The van der Waals surface area contributed by atoms with Crippen molar-refractivity contribution in [1.29, 1.82) is 0 Å². The molecule has 7 heteroatoms. The molecule has 0 N–H and O–H groups in total. The Morgan fingerprint density at radius 2 is 1.97 bits per heavy atom. The molecule has 0 spiro atoms. The lowest BCUT2D eigenvalue weighted by Crippen LogP contribution is -2.38. The van der Waals surface area contributed by atoms with E-state index in [4.69, 9.17) is 4.52 Å². The van der Waals surface area contributed by atoms with Crippen LogP contribution in [0.2, 0.25) is 0 Å². The van der Waals surface area contributed by atoms with Gasteiger partial charge in [-0.3, -0.25) is 9.48 Å². The number of carbonyl (C=O) groups is 1. The molecule has 0 aliphatic carbocycles. The van der Waals surface area contributed by atoms with Crippen LogP contribution in [0.4, 0.5) is 0 Å². The molecule has 1 atom stereocenters. The van der Waals surface area contributed by atoms with E-state index in [1.165, 1.54) is 5.56 Å². The first kappa shape index (κ1) is 18.4. The van der Waals surface area contributed by atoms with Gasteiger partial charge < -0.3 is 14.0 Å². The summed E-state index contributed by atoms with van der Waals surface area (Å²) in [4.78, 5) is 15.2. The third-order valence-corrected chi connectivity index (χ3v) is 6.06. The van der Waals surface area contributed by atoms with Gasteiger partial charge in [0.1, 0.15) is 0 Å². The average Bonchev–Trinajstić information content (AvgIpc) is 3.48. The second-order valence-corrected chi connectivity index (χ2v) is 7.83. The van der Waals surface area contributed by atoms with Gasteiger partial charge in [0.2, 0.25) is 0 Å². The van der Waals surface area contributed by atoms with Crippen LogP contribution in [-0.2, 0) is 20.6 Å². The topological polar surface area (TPSA) is 69.1 Å². The Bertz CT molecular complexity index is 1230. The highest BCUT2D eigenvalue weighted by Gasteiger charge is 2.32. The van der Waals surface area contributed by atoms with Crippen molar-refractivity contribution in [3.8, 4) is 11.5 Å². The number of aryl methyl sites for hydroxylation is 2. The van der Waals surface area contributed by atoms with Gasteiger partial charge in [0.05, 0.1) is 11.9 Å². The van der Waals surface area contributed by atoms with Gasteiger partial charge >= 0.3 is 0 Å². The largest absolute Gasteiger partial charge is 0.354 e. The fraction of sp³-hybridized carbons (Fsp3) is 0.261. The zero-order valence-corrected chi connectivity index (χ0v) is 17.2. The van der Waals surface area contributed by atoms with Crippen molar-refractivity contribution < 1.29 is 9.32 Å². The van der Waals surface area contributed by atoms with Crippen LogP contribution < -0.4 is 0 Å². The van der Waals surface area contributed by atoms with Crippen molar-refractivity contribution in [2.75, 3.05) is 6.54 Å². The van der Waals surface area contributed by atoms with Gasteiger partial charge in [-0.25, -0.2) is 0 Å². The van der Waals surface area contributed by atoms with Crippen molar-refractivity contribution >= 4 is 5.91 Å². The van der Waals surface area contributed by atoms with Gasteiger partial charge in [0.15, 0.2) is 11.5 Å². The molecule has 30 heavy (non-hydrogen) atoms. The van der Waals surface area contributed by atoms with Crippen LogP contribution in [-0.4, -0.2) is 36.9 Å². The van der Waals surface area contributed by atoms with Gasteiger partial charge in [-0.1, -0.05) is 29.4 Å². The van der Waals surface area contributed by atoms with Crippen LogP contribution in [0.15, 0.2) is 59.4 Å². The van der Waals surface area contributed by atoms with Crippen molar-refractivity contribution in [3.63, 3.8) is 0 Å². The summed E-state index contributed by atoms with van der Waals surface area (Å²) in [7, 11) is 3.87. The van der Waals surface area contributed by atoms with Crippen LogP contribution in [0.25, 0.3) is 11.5 Å². The van der Waals surface area contributed by atoms with Gasteiger partial charge in [0, 0.05) is 56.6 Å². The minimum absolute atomic E-state index is 0.0758. The third-order valence-electron chi connectivity index (χ3n) is 6.06. The van der Waals surface area contributed by atoms with E-state index < -0.39 is 0 Å². The SMILES string of the molecule is Cc1c(C2CN(C(=O)c3cc(-c4cccn4C)on3)Cc3ccccc32)cnn1C. The highest BCUT2D eigenvalue weighted by Crippen LogP contribution is 2.35. The Morgan fingerprint density at radius 1 is 1.13 bits per heavy atom. The predicted octanol–water partition coefficient (Wildman–Crippen LogP) is 3.51. The Kier molecular flexibility index (Phi) is 4.31. The van der Waals surface area contributed by atoms with Crippen LogP contribution in [0, 0.1) is 6.92 Å². The summed E-state index contributed by atoms with van der Waals surface area (Å²) in [6.07, 6.45) is 3.84. The number of carbonyl (C=O) groups excluding carboxylic acids is 1. The standard InChI is InChI=1S/C23H23N5O2/c1-15-18(12-24-27(15)3)19-14-28(13-16-7-4-5-8-17(16)19)23(29)20-11-22(30-25-20)21-9-6-10-26(21)2/h4-12,19H,13-14H2,1-3H3. The number of nitrogens with zero attached hydrogens (tertiary/aromatic N) is 5. The lowest BCUT2D eigenvalue weighted by atomic mass is 9.85. The van der Waals surface area contributed by atoms with Gasteiger partial charge in [-0.2, -0.15) is 5.10 Å². The summed E-state index contributed by atoms with van der Waals surface area (Å²) in [6.45, 7) is 3.20. The number of rotatable bonds is 3. The Labute approximate surface area is 174 Å². The van der Waals surface area contributed by atoms with Gasteiger partial charge in [-0.15, -0.1) is 0 Å². The first-order valence-electron chi connectivity index (χ1n) is 9.97. The molecule has 1 aliphatic heterocycles. The molecule has 7 nitrogen and oxygen atoms in total. The lowest BCUT2D eigenvalue weighted by Gasteiger charge is -2.34. The van der Waals surface area contributed by atoms with E-state index in [2.05, 4.69) is 35.4 Å². The molecule has 0 saturated carbocycles. The summed E-state index contributed by atoms with van der Waals surface area (Å²) in [5.41, 5.74) is 5.86. The molecule has 3 aromatic heterocycles. The molecule has 1 aliphatic rings. The molecule has 1 unspecified atom stereocenters. The molecule has 4 heterocycles. The molecule has 0 fully saturated rings. The fourth-order valence-electron chi connectivity index (χ4n) is 4.26. The maximum absolute atomic E-state index is 13.3. The smallest absolute Gasteiger partial charge is 0.276 e. The molecule has 152 valence electrons. The highest BCUT2D eigenvalue weighted by atomic mass is 16.5. The van der Waals surface area contributed by atoms with Crippen molar-refractivity contribution in [3.05, 3.63) is 82.9 Å². The van der Waals surface area contributed by atoms with Crippen molar-refractivity contribution in [2.45, 2.75) is 19.4 Å². The molecule has 1 amide bonds. The number of fused-ring (bicyclic) bond motifs is 1. The Hall–Kier alpha value is -3.61. The normalized spacial score (nSPS) is 16.0. The summed E-state index contributed by atoms with van der Waals surface area (Å²) < 4.78 is 9.29. The molecular formula is C23H23N5O2.